The summed E-state index contributed by atoms with van der Waals surface area (Å²) in [6.07, 6.45) is 1.50. The topological polar surface area (TPSA) is 26.3 Å². The fourth-order valence-electron chi connectivity index (χ4n) is 1.87. The van der Waals surface area contributed by atoms with Crippen molar-refractivity contribution in [2.24, 2.45) is 0 Å². The van der Waals surface area contributed by atoms with Crippen molar-refractivity contribution < 1.29 is 9.53 Å². The van der Waals surface area contributed by atoms with Crippen molar-refractivity contribution in [1.29, 1.82) is 0 Å². The summed E-state index contributed by atoms with van der Waals surface area (Å²) >= 11 is 7.21. The number of ether oxygens (including phenoxy) is 1. The summed E-state index contributed by atoms with van der Waals surface area (Å²) in [6.45, 7) is 0. The van der Waals surface area contributed by atoms with Gasteiger partial charge >= 0.3 is 0 Å². The van der Waals surface area contributed by atoms with Gasteiger partial charge in [0.1, 0.15) is 5.76 Å². The molecule has 4 heteroatoms. The second-order valence-corrected chi connectivity index (χ2v) is 5.71. The van der Waals surface area contributed by atoms with E-state index in [-0.39, 0.29) is 5.78 Å². The third-order valence-electron chi connectivity index (χ3n) is 2.93. The van der Waals surface area contributed by atoms with Gasteiger partial charge in [-0.3, -0.25) is 4.79 Å². The van der Waals surface area contributed by atoms with Gasteiger partial charge < -0.3 is 4.74 Å². The van der Waals surface area contributed by atoms with Crippen molar-refractivity contribution in [3.63, 3.8) is 0 Å². The Balaban J connectivity index is 1.72. The largest absolute Gasteiger partial charge is 0.449 e. The van der Waals surface area contributed by atoms with Gasteiger partial charge in [0.25, 0.3) is 0 Å². The fraction of sp³-hybridized carbons (Fsp3) is 0. The SMILES string of the molecule is O=C(/C=C1/OC(c2ccccc2)=CS1)c1ccc(Cl)cc1. The number of carbonyl (C=O) groups excluding carboxylic acids is 1. The third-order valence-corrected chi connectivity index (χ3v) is 3.95. The first-order valence-electron chi connectivity index (χ1n) is 6.34. The number of hydrogen-bond donors (Lipinski definition) is 0. The third kappa shape index (κ3) is 3.38. The van der Waals surface area contributed by atoms with Crippen LogP contribution in [0.25, 0.3) is 5.76 Å². The number of ketones is 1. The van der Waals surface area contributed by atoms with Gasteiger partial charge in [-0.15, -0.1) is 0 Å². The molecule has 0 aliphatic carbocycles. The Morgan fingerprint density at radius 1 is 1.05 bits per heavy atom. The minimum atomic E-state index is -0.100. The molecular formula is C17H11ClO2S. The zero-order valence-corrected chi connectivity index (χ0v) is 12.5. The van der Waals surface area contributed by atoms with Crippen LogP contribution in [0, 0.1) is 0 Å². The number of benzene rings is 2. The lowest BCUT2D eigenvalue weighted by atomic mass is 10.1. The maximum atomic E-state index is 12.1. The molecule has 1 aliphatic heterocycles. The number of rotatable bonds is 3. The van der Waals surface area contributed by atoms with Crippen LogP contribution in [0.3, 0.4) is 0 Å². The van der Waals surface area contributed by atoms with Crippen molar-refractivity contribution >= 4 is 34.9 Å². The zero-order valence-electron chi connectivity index (χ0n) is 11.0. The van der Waals surface area contributed by atoms with Crippen LogP contribution >= 0.6 is 23.4 Å². The molecule has 104 valence electrons. The Morgan fingerprint density at radius 2 is 1.76 bits per heavy atom. The molecule has 2 aromatic carbocycles. The summed E-state index contributed by atoms with van der Waals surface area (Å²) in [4.78, 5) is 12.1. The average molecular weight is 315 g/mol. The Bertz CT molecular complexity index is 718. The zero-order chi connectivity index (χ0) is 14.7. The summed E-state index contributed by atoms with van der Waals surface area (Å²) in [6, 6.07) is 16.6. The van der Waals surface area contributed by atoms with E-state index in [2.05, 4.69) is 0 Å². The minimum Gasteiger partial charge on any atom is -0.449 e. The second-order valence-electron chi connectivity index (χ2n) is 4.40. The Hall–Kier alpha value is -1.97. The van der Waals surface area contributed by atoms with Gasteiger partial charge in [0.15, 0.2) is 10.9 Å². The average Bonchev–Trinajstić information content (AvgIpc) is 2.97. The molecule has 1 heterocycles. The molecule has 0 bridgehead atoms. The standard InChI is InChI=1S/C17H11ClO2S/c18-14-8-6-12(7-9-14)15(19)10-17-20-16(11-21-17)13-4-2-1-3-5-13/h1-11H/b17-10-. The van der Waals surface area contributed by atoms with Crippen LogP contribution in [-0.4, -0.2) is 5.78 Å². The van der Waals surface area contributed by atoms with E-state index in [1.807, 2.05) is 35.7 Å². The van der Waals surface area contributed by atoms with Crippen LogP contribution in [0.1, 0.15) is 15.9 Å². The summed E-state index contributed by atoms with van der Waals surface area (Å²) in [5.41, 5.74) is 1.58. The number of carbonyl (C=O) groups is 1. The van der Waals surface area contributed by atoms with E-state index in [0.29, 0.717) is 15.7 Å². The number of thioether (sulfide) groups is 1. The van der Waals surface area contributed by atoms with Crippen molar-refractivity contribution in [3.8, 4) is 0 Å². The van der Waals surface area contributed by atoms with Gasteiger partial charge in [0.2, 0.25) is 0 Å². The van der Waals surface area contributed by atoms with E-state index in [9.17, 15) is 4.79 Å². The predicted molar refractivity (Wildman–Crippen MR) is 87.0 cm³/mol. The molecule has 21 heavy (non-hydrogen) atoms. The second kappa shape index (κ2) is 6.20. The molecule has 2 nitrogen and oxygen atoms in total. The van der Waals surface area contributed by atoms with Crippen LogP contribution in [0.5, 0.6) is 0 Å². The molecule has 0 radical (unpaired) electrons. The highest BCUT2D eigenvalue weighted by Gasteiger charge is 2.16. The van der Waals surface area contributed by atoms with Gasteiger partial charge in [0, 0.05) is 27.6 Å². The predicted octanol–water partition coefficient (Wildman–Crippen LogP) is 5.13. The highest BCUT2D eigenvalue weighted by atomic mass is 35.5. The maximum Gasteiger partial charge on any atom is 0.190 e. The fourth-order valence-corrected chi connectivity index (χ4v) is 2.71. The highest BCUT2D eigenvalue weighted by molar-refractivity contribution is 8.06. The normalized spacial score (nSPS) is 15.7. The lowest BCUT2D eigenvalue weighted by Crippen LogP contribution is -1.95. The molecule has 0 amide bonds. The molecule has 1 aliphatic rings. The molecular weight excluding hydrogens is 304 g/mol. The van der Waals surface area contributed by atoms with Gasteiger partial charge in [0.05, 0.1) is 0 Å². The molecule has 2 aromatic rings. The Labute approximate surface area is 132 Å². The van der Waals surface area contributed by atoms with Crippen molar-refractivity contribution in [3.05, 3.63) is 87.3 Å². The van der Waals surface area contributed by atoms with E-state index in [1.54, 1.807) is 24.3 Å². The number of hydrogen-bond acceptors (Lipinski definition) is 3. The molecule has 0 saturated heterocycles. The maximum absolute atomic E-state index is 12.1. The van der Waals surface area contributed by atoms with Crippen LogP contribution in [0.4, 0.5) is 0 Å². The van der Waals surface area contributed by atoms with Crippen LogP contribution in [0.2, 0.25) is 5.02 Å². The molecule has 0 spiro atoms. The summed E-state index contributed by atoms with van der Waals surface area (Å²) in [5, 5.41) is 3.09. The van der Waals surface area contributed by atoms with E-state index < -0.39 is 0 Å². The Morgan fingerprint density at radius 3 is 2.48 bits per heavy atom. The minimum absolute atomic E-state index is 0.100. The van der Waals surface area contributed by atoms with E-state index in [0.717, 1.165) is 11.3 Å². The summed E-state index contributed by atoms with van der Waals surface area (Å²) in [5.74, 6) is 0.660. The first-order chi connectivity index (χ1) is 10.2. The van der Waals surface area contributed by atoms with Gasteiger partial charge in [-0.1, -0.05) is 53.7 Å². The molecule has 0 unspecified atom stereocenters. The first-order valence-corrected chi connectivity index (χ1v) is 7.60. The van der Waals surface area contributed by atoms with Crippen LogP contribution in [0.15, 0.2) is 71.2 Å². The van der Waals surface area contributed by atoms with Crippen molar-refractivity contribution in [1.82, 2.24) is 0 Å². The number of halogens is 1. The lowest BCUT2D eigenvalue weighted by molar-refractivity contribution is 0.104. The van der Waals surface area contributed by atoms with Crippen LogP contribution in [-0.2, 0) is 4.74 Å². The monoisotopic (exact) mass is 314 g/mol. The van der Waals surface area contributed by atoms with Gasteiger partial charge in [-0.05, 0) is 24.3 Å². The smallest absolute Gasteiger partial charge is 0.190 e. The van der Waals surface area contributed by atoms with Crippen LogP contribution < -0.4 is 0 Å². The summed E-state index contributed by atoms with van der Waals surface area (Å²) in [7, 11) is 0. The van der Waals surface area contributed by atoms with E-state index in [4.69, 9.17) is 16.3 Å². The van der Waals surface area contributed by atoms with E-state index >= 15 is 0 Å². The molecule has 0 N–H and O–H groups in total. The molecule has 0 aromatic heterocycles. The van der Waals surface area contributed by atoms with E-state index in [1.165, 1.54) is 17.8 Å². The Kier molecular flexibility index (Phi) is 4.13. The quantitative estimate of drug-likeness (QED) is 0.580. The van der Waals surface area contributed by atoms with Gasteiger partial charge in [-0.2, -0.15) is 0 Å². The molecule has 0 fully saturated rings. The lowest BCUT2D eigenvalue weighted by Gasteiger charge is -2.03. The number of allylic oxidation sites excluding steroid dienone is 1. The highest BCUT2D eigenvalue weighted by Crippen LogP contribution is 2.36. The summed E-state index contributed by atoms with van der Waals surface area (Å²) < 4.78 is 5.70. The molecule has 0 atom stereocenters. The van der Waals surface area contributed by atoms with Gasteiger partial charge in [-0.25, -0.2) is 0 Å². The van der Waals surface area contributed by atoms with Crippen molar-refractivity contribution in [2.75, 3.05) is 0 Å². The molecule has 3 rings (SSSR count). The first kappa shape index (κ1) is 14.0. The molecule has 0 saturated carbocycles. The van der Waals surface area contributed by atoms with Crippen molar-refractivity contribution in [2.45, 2.75) is 0 Å².